The normalized spacial score (nSPS) is 15.5. The van der Waals surface area contributed by atoms with Gasteiger partial charge in [-0.1, -0.05) is 123 Å². The van der Waals surface area contributed by atoms with Crippen LogP contribution in [0.2, 0.25) is 15.1 Å². The zero-order valence-corrected chi connectivity index (χ0v) is 67.5. The molecule has 3 aliphatic heterocycles. The molecule has 9 aromatic rings. The summed E-state index contributed by atoms with van der Waals surface area (Å²) in [6.07, 6.45) is 2.20. The van der Waals surface area contributed by atoms with E-state index < -0.39 is 47.5 Å². The minimum Gasteiger partial charge on any atom is -0.481 e. The molecule has 0 spiro atoms. The fraction of sp³-hybridized carbons (Fsp3) is 0.400. The maximum Gasteiger partial charge on any atom is 0.490 e. The van der Waals surface area contributed by atoms with E-state index >= 15 is 0 Å². The monoisotopic (exact) mass is 1680 g/mol. The van der Waals surface area contributed by atoms with Crippen molar-refractivity contribution in [2.75, 3.05) is 19.6 Å². The van der Waals surface area contributed by atoms with Crippen LogP contribution < -0.4 is 32.3 Å². The number of amides is 2. The second-order valence-electron chi connectivity index (χ2n) is 28.5. The molecule has 3 fully saturated rings. The van der Waals surface area contributed by atoms with Crippen LogP contribution in [0.15, 0.2) is 159 Å². The Bertz CT molecular complexity index is 4220. The zero-order valence-electron chi connectivity index (χ0n) is 64.4. The summed E-state index contributed by atoms with van der Waals surface area (Å²) < 4.78 is 96.9. The molecule has 3 saturated heterocycles. The van der Waals surface area contributed by atoms with E-state index in [-0.39, 0.29) is 84.5 Å². The second kappa shape index (κ2) is 47.2. The summed E-state index contributed by atoms with van der Waals surface area (Å²) >= 11 is 17.7. The second-order valence-corrected chi connectivity index (χ2v) is 29.8. The molecule has 6 aromatic carbocycles. The van der Waals surface area contributed by atoms with Gasteiger partial charge < -0.3 is 65.6 Å². The minimum absolute atomic E-state index is 0. The number of nitrogens with zero attached hydrogens (tertiary/aromatic N) is 6. The van der Waals surface area contributed by atoms with Gasteiger partial charge >= 0.3 is 30.3 Å². The number of Topliss-reactive ketones (excluding diaryl/α,β-unsaturated/α-hetero) is 2. The van der Waals surface area contributed by atoms with Crippen molar-refractivity contribution in [2.24, 2.45) is 5.73 Å². The predicted octanol–water partition coefficient (Wildman–Crippen LogP) is 17.1. The number of nitrogens with two attached hydrogens (primary N) is 1. The van der Waals surface area contributed by atoms with Gasteiger partial charge in [0.2, 0.25) is 35.1 Å². The zero-order chi connectivity index (χ0) is 83.7. The van der Waals surface area contributed by atoms with Crippen molar-refractivity contribution in [3.05, 3.63) is 212 Å². The van der Waals surface area contributed by atoms with Crippen molar-refractivity contribution in [2.45, 2.75) is 186 Å². The van der Waals surface area contributed by atoms with Gasteiger partial charge in [-0.05, 0) is 222 Å². The van der Waals surface area contributed by atoms with Gasteiger partial charge in [0.15, 0.2) is 0 Å². The Morgan fingerprint density at radius 3 is 1.06 bits per heavy atom. The number of carbonyl (C=O) groups is 6. The number of ketones is 2. The molecule has 6 heterocycles. The molecular formula is C80H94Cl4F6N12O13. The SMILES string of the molecule is CC(=O)C[C@@H](Cc1cccc(Cl)c1)NC(=O)OC(C)(C)C.CC(=O)C[C@H](N)Cc1cccc(Cl)c1.CC(C)(C)OC(=O)N[C@@H](CC(=O)O)Cc1cccc(Cl)c1.Cl.Fc1cccc(-c2noc([C@@H]3CCCN3)n2)c1.Fc1cccc(-c2noc([C@@H]3CCCN3)n2)c1.Fc1cccc(-c2noc([C@@H]3CCCN3)n2)c1.O=C(O)C(F)(F)F. The van der Waals surface area contributed by atoms with E-state index in [1.54, 1.807) is 109 Å². The van der Waals surface area contributed by atoms with Gasteiger partial charge in [-0.3, -0.25) is 14.4 Å². The van der Waals surface area contributed by atoms with Gasteiger partial charge in [-0.15, -0.1) is 12.4 Å². The van der Waals surface area contributed by atoms with Crippen molar-refractivity contribution >= 4 is 82.9 Å². The topological polar surface area (TPSA) is 364 Å². The lowest BCUT2D eigenvalue weighted by Gasteiger charge is -2.23. The number of carbonyl (C=O) groups excluding carboxylic acids is 4. The highest BCUT2D eigenvalue weighted by Crippen LogP contribution is 2.29. The van der Waals surface area contributed by atoms with E-state index in [1.165, 1.54) is 43.3 Å². The number of benzene rings is 6. The quantitative estimate of drug-likeness (QED) is 0.0329. The molecule has 3 aromatic heterocycles. The van der Waals surface area contributed by atoms with Crippen LogP contribution >= 0.6 is 47.2 Å². The molecule has 0 aliphatic carbocycles. The molecule has 0 unspecified atom stereocenters. The number of ether oxygens (including phenoxy) is 2. The number of nitrogens with one attached hydrogen (secondary N) is 5. The van der Waals surface area contributed by atoms with Crippen LogP contribution in [-0.4, -0.2) is 131 Å². The Kier molecular flexibility index (Phi) is 39.3. The average molecular weight is 1690 g/mol. The standard InChI is InChI=1S/C16H22ClNO3.C15H20ClNO4.3C12H12FN3O.C11H14ClNO.C2HF3O2.ClH/c1-11(19)8-14(18-15(20)21-16(2,3)4)10-12-6-5-7-13(17)9-12;1-15(2,3)21-14(20)17-12(9-13(18)19)8-10-5-4-6-11(16)7-10;3*13-9-4-1-3-8(7-9)11-15-12(17-16-11)10-5-2-6-14-10;1-8(14)5-11(13)7-9-3-2-4-10(12)6-9;3-2(4,5)1(6)7;/h5-7,9,14H,8,10H2,1-4H3,(H,18,20);4-7,12H,8-9H2,1-3H3,(H,17,20)(H,18,19);3*1,3-4,7,10,14H,2,5-6H2;2-4,6,11H,5,7,13H2,1H3;(H,6,7);1H/t14-;12-;3*10-;11-;;/m010000../s1. The van der Waals surface area contributed by atoms with Gasteiger partial charge in [-0.25, -0.2) is 27.6 Å². The third kappa shape index (κ3) is 37.5. The maximum absolute atomic E-state index is 13.1. The minimum atomic E-state index is -5.08. The van der Waals surface area contributed by atoms with E-state index in [0.717, 1.165) is 74.8 Å². The molecule has 3 aliphatic rings. The Morgan fingerprint density at radius 1 is 0.496 bits per heavy atom. The molecule has 0 radical (unpaired) electrons. The van der Waals surface area contributed by atoms with Crippen LogP contribution in [0.4, 0.5) is 35.9 Å². The molecule has 25 nitrogen and oxygen atoms in total. The number of aromatic nitrogens is 6. The number of rotatable bonds is 20. The summed E-state index contributed by atoms with van der Waals surface area (Å²) in [6, 6.07) is 40.0. The highest BCUT2D eigenvalue weighted by Gasteiger charge is 2.38. The van der Waals surface area contributed by atoms with E-state index in [1.807, 2.05) is 48.5 Å². The number of carboxylic acid groups (broad SMARTS) is 2. The Labute approximate surface area is 682 Å². The fourth-order valence-electron chi connectivity index (χ4n) is 11.2. The first-order chi connectivity index (χ1) is 53.8. The maximum atomic E-state index is 13.1. The largest absolute Gasteiger partial charge is 0.490 e. The summed E-state index contributed by atoms with van der Waals surface area (Å²) in [6.45, 7) is 16.6. The third-order valence-electron chi connectivity index (χ3n) is 16.0. The van der Waals surface area contributed by atoms with Crippen LogP contribution in [0.3, 0.4) is 0 Å². The Balaban J connectivity index is 0.000000242. The first kappa shape index (κ1) is 95.7. The number of halogens is 10. The summed E-state index contributed by atoms with van der Waals surface area (Å²) in [5.41, 5.74) is 9.39. The Morgan fingerprint density at radius 2 is 0.800 bits per heavy atom. The van der Waals surface area contributed by atoms with Crippen molar-refractivity contribution in [1.82, 2.24) is 57.0 Å². The van der Waals surface area contributed by atoms with Gasteiger partial charge in [0.25, 0.3) is 0 Å². The molecule has 622 valence electrons. The van der Waals surface area contributed by atoms with Crippen LogP contribution in [0.1, 0.15) is 166 Å². The highest BCUT2D eigenvalue weighted by molar-refractivity contribution is 6.31. The molecule has 9 N–H and O–H groups in total. The van der Waals surface area contributed by atoms with Crippen molar-refractivity contribution in [3.8, 4) is 34.2 Å². The third-order valence-corrected chi connectivity index (χ3v) is 16.7. The van der Waals surface area contributed by atoms with Gasteiger partial charge in [-0.2, -0.15) is 28.1 Å². The molecule has 115 heavy (non-hydrogen) atoms. The number of hydrogen-bond donors (Lipinski definition) is 8. The summed E-state index contributed by atoms with van der Waals surface area (Å²) in [5.74, 6) is -1.43. The number of carboxylic acids is 2. The number of aliphatic carboxylic acids is 2. The van der Waals surface area contributed by atoms with Crippen LogP contribution in [-0.2, 0) is 47.9 Å². The Hall–Kier alpha value is -9.86. The molecule has 12 rings (SSSR count). The lowest BCUT2D eigenvalue weighted by molar-refractivity contribution is -0.192. The van der Waals surface area contributed by atoms with Gasteiger partial charge in [0.05, 0.1) is 24.5 Å². The lowest BCUT2D eigenvalue weighted by Crippen LogP contribution is -2.41. The van der Waals surface area contributed by atoms with Crippen LogP contribution in [0.5, 0.6) is 0 Å². The molecule has 0 saturated carbocycles. The van der Waals surface area contributed by atoms with Crippen LogP contribution in [0, 0.1) is 17.5 Å². The van der Waals surface area contributed by atoms with Gasteiger partial charge in [0, 0.05) is 62.7 Å². The molecular weight excluding hydrogens is 1590 g/mol. The first-order valence-corrected chi connectivity index (χ1v) is 37.4. The van der Waals surface area contributed by atoms with Crippen LogP contribution in [0.25, 0.3) is 34.2 Å². The smallest absolute Gasteiger partial charge is 0.481 e. The van der Waals surface area contributed by atoms with E-state index in [0.29, 0.717) is 92.6 Å². The summed E-state index contributed by atoms with van der Waals surface area (Å²) in [5, 5.41) is 44.8. The molecule has 6 atom stereocenters. The molecule has 35 heteroatoms. The molecule has 2 amide bonds. The predicted molar refractivity (Wildman–Crippen MR) is 423 cm³/mol. The van der Waals surface area contributed by atoms with Crippen molar-refractivity contribution in [3.63, 3.8) is 0 Å². The van der Waals surface area contributed by atoms with E-state index in [2.05, 4.69) is 57.0 Å². The van der Waals surface area contributed by atoms with E-state index in [4.69, 9.17) is 78.6 Å². The van der Waals surface area contributed by atoms with Crippen molar-refractivity contribution in [1.29, 1.82) is 0 Å². The lowest BCUT2D eigenvalue weighted by atomic mass is 10.0. The summed E-state index contributed by atoms with van der Waals surface area (Å²) in [7, 11) is 0. The number of alkyl halides is 3. The number of hydrogen-bond acceptors (Lipinski definition) is 21. The number of alkyl carbamates (subject to hydrolysis) is 2. The average Bonchev–Trinajstić information content (AvgIpc) is 1.70. The fourth-order valence-corrected chi connectivity index (χ4v) is 11.8. The first-order valence-electron chi connectivity index (χ1n) is 36.3. The highest BCUT2D eigenvalue weighted by atomic mass is 35.5. The van der Waals surface area contributed by atoms with Crippen molar-refractivity contribution < 1.29 is 88.4 Å². The van der Waals surface area contributed by atoms with E-state index in [9.17, 15) is 50.3 Å². The van der Waals surface area contributed by atoms with Gasteiger partial charge in [0.1, 0.15) is 40.2 Å². The molecule has 0 bridgehead atoms. The summed E-state index contributed by atoms with van der Waals surface area (Å²) in [4.78, 5) is 78.5.